The second-order valence-corrected chi connectivity index (χ2v) is 4.90. The lowest BCUT2D eigenvalue weighted by atomic mass is 9.89. The van der Waals surface area contributed by atoms with E-state index in [-0.39, 0.29) is 5.41 Å². The van der Waals surface area contributed by atoms with Gasteiger partial charge >= 0.3 is 12.0 Å². The number of carboxylic acids is 1. The van der Waals surface area contributed by atoms with E-state index in [1.54, 1.807) is 0 Å². The van der Waals surface area contributed by atoms with Crippen LogP contribution in [0.2, 0.25) is 0 Å². The zero-order chi connectivity index (χ0) is 12.2. The maximum atomic E-state index is 11.4. The van der Waals surface area contributed by atoms with E-state index in [2.05, 4.69) is 17.6 Å². The van der Waals surface area contributed by atoms with Crippen LogP contribution in [-0.4, -0.2) is 29.7 Å². The standard InChI is InChI=1S/C11H20N2O3/c1-8(9(14)15)13-10(16)12-7-11(2)5-3-4-6-11/h8H,3-7H2,1-2H3,(H,14,15)(H2,12,13,16)/t8-/m0/s1. The molecule has 1 fully saturated rings. The number of rotatable bonds is 4. The largest absolute Gasteiger partial charge is 0.480 e. The van der Waals surface area contributed by atoms with Crippen LogP contribution >= 0.6 is 0 Å². The Hall–Kier alpha value is -1.26. The summed E-state index contributed by atoms with van der Waals surface area (Å²) in [7, 11) is 0. The molecule has 0 aromatic heterocycles. The van der Waals surface area contributed by atoms with Crippen molar-refractivity contribution in [3.8, 4) is 0 Å². The lowest BCUT2D eigenvalue weighted by molar-refractivity contribution is -0.138. The molecular weight excluding hydrogens is 208 g/mol. The molecule has 92 valence electrons. The Kier molecular flexibility index (Phi) is 4.15. The number of hydrogen-bond acceptors (Lipinski definition) is 2. The number of carbonyl (C=O) groups excluding carboxylic acids is 1. The van der Waals surface area contributed by atoms with E-state index in [0.717, 1.165) is 12.8 Å². The van der Waals surface area contributed by atoms with Crippen molar-refractivity contribution >= 4 is 12.0 Å². The van der Waals surface area contributed by atoms with Crippen LogP contribution in [0.4, 0.5) is 4.79 Å². The summed E-state index contributed by atoms with van der Waals surface area (Å²) in [4.78, 5) is 21.9. The second-order valence-electron chi connectivity index (χ2n) is 4.90. The van der Waals surface area contributed by atoms with Crippen LogP contribution in [-0.2, 0) is 4.79 Å². The Morgan fingerprint density at radius 1 is 1.38 bits per heavy atom. The first kappa shape index (κ1) is 12.8. The number of hydrogen-bond donors (Lipinski definition) is 3. The maximum absolute atomic E-state index is 11.4. The Bertz CT molecular complexity index is 272. The molecule has 0 spiro atoms. The molecule has 1 rings (SSSR count). The van der Waals surface area contributed by atoms with Crippen LogP contribution in [0.3, 0.4) is 0 Å². The first-order valence-corrected chi connectivity index (χ1v) is 5.70. The molecule has 0 aromatic rings. The minimum absolute atomic E-state index is 0.184. The average Bonchev–Trinajstić information content (AvgIpc) is 2.63. The van der Waals surface area contributed by atoms with Crippen molar-refractivity contribution in [3.05, 3.63) is 0 Å². The molecule has 0 aromatic carbocycles. The number of aliphatic carboxylic acids is 1. The van der Waals surface area contributed by atoms with E-state index in [1.807, 2.05) is 0 Å². The Morgan fingerprint density at radius 3 is 2.44 bits per heavy atom. The summed E-state index contributed by atoms with van der Waals surface area (Å²) in [6.07, 6.45) is 4.68. The smallest absolute Gasteiger partial charge is 0.325 e. The summed E-state index contributed by atoms with van der Waals surface area (Å²) in [5.74, 6) is -1.03. The lowest BCUT2D eigenvalue weighted by Crippen LogP contribution is -2.46. The Morgan fingerprint density at radius 2 is 1.94 bits per heavy atom. The number of carbonyl (C=O) groups is 2. The first-order chi connectivity index (χ1) is 7.43. The van der Waals surface area contributed by atoms with Crippen LogP contribution in [0.25, 0.3) is 0 Å². The van der Waals surface area contributed by atoms with Crippen molar-refractivity contribution in [2.24, 2.45) is 5.41 Å². The summed E-state index contributed by atoms with van der Waals surface area (Å²) >= 11 is 0. The van der Waals surface area contributed by atoms with Gasteiger partial charge in [0.2, 0.25) is 0 Å². The van der Waals surface area contributed by atoms with E-state index in [1.165, 1.54) is 19.8 Å². The summed E-state index contributed by atoms with van der Waals surface area (Å²) in [5, 5.41) is 13.7. The van der Waals surface area contributed by atoms with Crippen LogP contribution in [0, 0.1) is 5.41 Å². The van der Waals surface area contributed by atoms with Crippen molar-refractivity contribution in [3.63, 3.8) is 0 Å². The van der Waals surface area contributed by atoms with Gasteiger partial charge in [-0.15, -0.1) is 0 Å². The maximum Gasteiger partial charge on any atom is 0.325 e. The minimum atomic E-state index is -1.03. The molecule has 1 aliphatic rings. The molecule has 16 heavy (non-hydrogen) atoms. The third-order valence-corrected chi connectivity index (χ3v) is 3.20. The van der Waals surface area contributed by atoms with Crippen molar-refractivity contribution in [1.82, 2.24) is 10.6 Å². The van der Waals surface area contributed by atoms with Crippen molar-refractivity contribution in [1.29, 1.82) is 0 Å². The summed E-state index contributed by atoms with van der Waals surface area (Å²) < 4.78 is 0. The average molecular weight is 228 g/mol. The van der Waals surface area contributed by atoms with Gasteiger partial charge in [0, 0.05) is 6.54 Å². The molecular formula is C11H20N2O3. The second kappa shape index (κ2) is 5.18. The van der Waals surface area contributed by atoms with E-state index < -0.39 is 18.0 Å². The molecule has 2 amide bonds. The van der Waals surface area contributed by atoms with Gasteiger partial charge in [0.1, 0.15) is 6.04 Å². The summed E-state index contributed by atoms with van der Waals surface area (Å²) in [6.45, 7) is 4.21. The van der Waals surface area contributed by atoms with Gasteiger partial charge in [-0.2, -0.15) is 0 Å². The van der Waals surface area contributed by atoms with E-state index in [9.17, 15) is 9.59 Å². The quantitative estimate of drug-likeness (QED) is 0.679. The molecule has 1 aliphatic carbocycles. The molecule has 0 aliphatic heterocycles. The molecule has 1 atom stereocenters. The number of urea groups is 1. The van der Waals surface area contributed by atoms with Gasteiger partial charge in [-0.05, 0) is 25.2 Å². The van der Waals surface area contributed by atoms with Crippen LogP contribution in [0.1, 0.15) is 39.5 Å². The van der Waals surface area contributed by atoms with Crippen molar-refractivity contribution in [2.45, 2.75) is 45.6 Å². The van der Waals surface area contributed by atoms with Gasteiger partial charge in [0.25, 0.3) is 0 Å². The molecule has 0 heterocycles. The Labute approximate surface area is 95.6 Å². The fourth-order valence-electron chi connectivity index (χ4n) is 2.01. The third-order valence-electron chi connectivity index (χ3n) is 3.20. The fourth-order valence-corrected chi connectivity index (χ4v) is 2.01. The fraction of sp³-hybridized carbons (Fsp3) is 0.818. The first-order valence-electron chi connectivity index (χ1n) is 5.70. The highest BCUT2D eigenvalue weighted by Crippen LogP contribution is 2.36. The normalized spacial score (nSPS) is 20.1. The SMILES string of the molecule is C[C@H](NC(=O)NCC1(C)CCCC1)C(=O)O. The molecule has 0 unspecified atom stereocenters. The van der Waals surface area contributed by atoms with Gasteiger partial charge in [0.05, 0.1) is 0 Å². The number of carboxylic acid groups (broad SMARTS) is 1. The van der Waals surface area contributed by atoms with Gasteiger partial charge in [0.15, 0.2) is 0 Å². The number of nitrogens with one attached hydrogen (secondary N) is 2. The van der Waals surface area contributed by atoms with E-state index >= 15 is 0 Å². The minimum Gasteiger partial charge on any atom is -0.480 e. The third kappa shape index (κ3) is 3.72. The topological polar surface area (TPSA) is 78.4 Å². The van der Waals surface area contributed by atoms with Crippen LogP contribution < -0.4 is 10.6 Å². The Balaban J connectivity index is 2.27. The van der Waals surface area contributed by atoms with E-state index in [0.29, 0.717) is 6.54 Å². The highest BCUT2D eigenvalue weighted by Gasteiger charge is 2.29. The van der Waals surface area contributed by atoms with Crippen molar-refractivity contribution < 1.29 is 14.7 Å². The zero-order valence-electron chi connectivity index (χ0n) is 9.88. The summed E-state index contributed by atoms with van der Waals surface area (Å²) in [6, 6.07) is -1.25. The molecule has 0 bridgehead atoms. The predicted octanol–water partition coefficient (Wildman–Crippen LogP) is 1.34. The highest BCUT2D eigenvalue weighted by atomic mass is 16.4. The van der Waals surface area contributed by atoms with Crippen LogP contribution in [0.15, 0.2) is 0 Å². The molecule has 5 nitrogen and oxygen atoms in total. The van der Waals surface area contributed by atoms with Gasteiger partial charge < -0.3 is 15.7 Å². The molecule has 5 heteroatoms. The lowest BCUT2D eigenvalue weighted by Gasteiger charge is -2.24. The number of amides is 2. The van der Waals surface area contributed by atoms with Crippen LogP contribution in [0.5, 0.6) is 0 Å². The van der Waals surface area contributed by atoms with Gasteiger partial charge in [-0.1, -0.05) is 19.8 Å². The van der Waals surface area contributed by atoms with Gasteiger partial charge in [-0.3, -0.25) is 4.79 Å². The van der Waals surface area contributed by atoms with E-state index in [4.69, 9.17) is 5.11 Å². The molecule has 3 N–H and O–H groups in total. The molecule has 1 saturated carbocycles. The van der Waals surface area contributed by atoms with Gasteiger partial charge in [-0.25, -0.2) is 4.79 Å². The van der Waals surface area contributed by atoms with Crippen molar-refractivity contribution in [2.75, 3.05) is 6.54 Å². The molecule has 0 radical (unpaired) electrons. The predicted molar refractivity (Wildman–Crippen MR) is 60.2 cm³/mol. The molecule has 0 saturated heterocycles. The summed E-state index contributed by atoms with van der Waals surface area (Å²) in [5.41, 5.74) is 0.184. The monoisotopic (exact) mass is 228 g/mol. The highest BCUT2D eigenvalue weighted by molar-refractivity contribution is 5.82. The zero-order valence-corrected chi connectivity index (χ0v) is 9.88.